The number of allylic oxidation sites excluding steroid dienone is 2. The van der Waals surface area contributed by atoms with Crippen molar-refractivity contribution >= 4 is 5.91 Å². The zero-order valence-corrected chi connectivity index (χ0v) is 14.3. The summed E-state index contributed by atoms with van der Waals surface area (Å²) >= 11 is 0. The number of rotatable bonds is 5. The molecule has 25 heavy (non-hydrogen) atoms. The molecule has 1 unspecified atom stereocenters. The Hall–Kier alpha value is -2.76. The lowest BCUT2D eigenvalue weighted by molar-refractivity contribution is -0.120. The van der Waals surface area contributed by atoms with E-state index in [2.05, 4.69) is 32.4 Å². The Morgan fingerprint density at radius 1 is 1.32 bits per heavy atom. The van der Waals surface area contributed by atoms with Gasteiger partial charge in [0.1, 0.15) is 5.82 Å². The highest BCUT2D eigenvalue weighted by molar-refractivity contribution is 5.78. The van der Waals surface area contributed by atoms with E-state index in [1.54, 1.807) is 31.5 Å². The van der Waals surface area contributed by atoms with Gasteiger partial charge in [0.25, 0.3) is 5.56 Å². The zero-order valence-electron chi connectivity index (χ0n) is 14.3. The third-order valence-electron chi connectivity index (χ3n) is 4.48. The summed E-state index contributed by atoms with van der Waals surface area (Å²) < 4.78 is 0. The lowest BCUT2D eigenvalue weighted by Crippen LogP contribution is -2.33. The Morgan fingerprint density at radius 2 is 2.12 bits per heavy atom. The summed E-state index contributed by atoms with van der Waals surface area (Å²) in [7, 11) is 0. The Bertz CT molecular complexity index is 827. The summed E-state index contributed by atoms with van der Waals surface area (Å²) in [5, 5.41) is 2.94. The molecule has 0 bridgehead atoms. The molecule has 1 aliphatic carbocycles. The third-order valence-corrected chi connectivity index (χ3v) is 4.48. The number of aromatic nitrogens is 3. The number of amides is 1. The maximum Gasteiger partial charge on any atom is 0.255 e. The SMILES string of the molecule is Cc1nc(-c2ccncc2)[nH]c(=O)c1CC(=O)NCC1CC=CCC1. The van der Waals surface area contributed by atoms with E-state index in [0.717, 1.165) is 24.8 Å². The van der Waals surface area contributed by atoms with Gasteiger partial charge in [-0.15, -0.1) is 0 Å². The van der Waals surface area contributed by atoms with Crippen molar-refractivity contribution in [1.82, 2.24) is 20.3 Å². The second-order valence-electron chi connectivity index (χ2n) is 6.35. The molecule has 0 saturated heterocycles. The first kappa shape index (κ1) is 17.1. The van der Waals surface area contributed by atoms with Gasteiger partial charge in [-0.05, 0) is 44.2 Å². The largest absolute Gasteiger partial charge is 0.356 e. The van der Waals surface area contributed by atoms with Crippen molar-refractivity contribution in [2.75, 3.05) is 6.54 Å². The molecule has 0 spiro atoms. The average Bonchev–Trinajstić information content (AvgIpc) is 2.64. The smallest absolute Gasteiger partial charge is 0.255 e. The lowest BCUT2D eigenvalue weighted by atomic mass is 9.94. The molecule has 0 saturated carbocycles. The van der Waals surface area contributed by atoms with E-state index in [0.29, 0.717) is 29.5 Å². The number of pyridine rings is 1. The van der Waals surface area contributed by atoms with E-state index in [1.807, 2.05) is 0 Å². The van der Waals surface area contributed by atoms with Crippen molar-refractivity contribution in [3.63, 3.8) is 0 Å². The van der Waals surface area contributed by atoms with E-state index >= 15 is 0 Å². The van der Waals surface area contributed by atoms with Crippen molar-refractivity contribution in [2.45, 2.75) is 32.6 Å². The average molecular weight is 338 g/mol. The molecule has 130 valence electrons. The van der Waals surface area contributed by atoms with Crippen LogP contribution in [0.15, 0.2) is 41.5 Å². The molecular formula is C19H22N4O2. The minimum Gasteiger partial charge on any atom is -0.356 e. The molecule has 0 aromatic carbocycles. The van der Waals surface area contributed by atoms with Crippen molar-refractivity contribution in [2.24, 2.45) is 5.92 Å². The van der Waals surface area contributed by atoms with E-state index in [1.165, 1.54) is 0 Å². The second kappa shape index (κ2) is 7.88. The van der Waals surface area contributed by atoms with Crippen molar-refractivity contribution in [1.29, 1.82) is 0 Å². The predicted molar refractivity (Wildman–Crippen MR) is 96.0 cm³/mol. The highest BCUT2D eigenvalue weighted by Gasteiger charge is 2.15. The molecule has 6 heteroatoms. The van der Waals surface area contributed by atoms with Crippen LogP contribution in [-0.2, 0) is 11.2 Å². The number of aryl methyl sites for hydroxylation is 1. The molecule has 2 aromatic rings. The minimum absolute atomic E-state index is 0.0490. The fraction of sp³-hybridized carbons (Fsp3) is 0.368. The van der Waals surface area contributed by atoms with Crippen LogP contribution in [0.4, 0.5) is 0 Å². The molecule has 1 atom stereocenters. The number of H-pyrrole nitrogens is 1. The van der Waals surface area contributed by atoms with Gasteiger partial charge in [0.05, 0.1) is 6.42 Å². The number of hydrogen-bond donors (Lipinski definition) is 2. The lowest BCUT2D eigenvalue weighted by Gasteiger charge is -2.18. The molecule has 6 nitrogen and oxygen atoms in total. The maximum atomic E-state index is 12.4. The van der Waals surface area contributed by atoms with Crippen LogP contribution < -0.4 is 10.9 Å². The zero-order chi connectivity index (χ0) is 17.6. The number of hydrogen-bond acceptors (Lipinski definition) is 4. The Labute approximate surface area is 146 Å². The van der Waals surface area contributed by atoms with Crippen LogP contribution in [0, 0.1) is 12.8 Å². The van der Waals surface area contributed by atoms with Gasteiger partial charge in [0.15, 0.2) is 0 Å². The quantitative estimate of drug-likeness (QED) is 0.818. The molecule has 0 fully saturated rings. The number of nitrogens with one attached hydrogen (secondary N) is 2. The molecule has 2 aromatic heterocycles. The topological polar surface area (TPSA) is 87.7 Å². The van der Waals surface area contributed by atoms with Gasteiger partial charge in [-0.1, -0.05) is 12.2 Å². The summed E-state index contributed by atoms with van der Waals surface area (Å²) in [6.07, 6.45) is 10.8. The summed E-state index contributed by atoms with van der Waals surface area (Å²) in [6, 6.07) is 3.56. The van der Waals surface area contributed by atoms with Crippen LogP contribution in [-0.4, -0.2) is 27.4 Å². The summed E-state index contributed by atoms with van der Waals surface area (Å²) in [6.45, 7) is 2.41. The number of carbonyl (C=O) groups is 1. The van der Waals surface area contributed by atoms with Gasteiger partial charge in [-0.2, -0.15) is 0 Å². The fourth-order valence-corrected chi connectivity index (χ4v) is 2.99. The highest BCUT2D eigenvalue weighted by Crippen LogP contribution is 2.17. The van der Waals surface area contributed by atoms with E-state index in [9.17, 15) is 9.59 Å². The minimum atomic E-state index is -0.268. The van der Waals surface area contributed by atoms with E-state index in [-0.39, 0.29) is 17.9 Å². The number of carbonyl (C=O) groups excluding carboxylic acids is 1. The molecule has 0 radical (unpaired) electrons. The molecular weight excluding hydrogens is 316 g/mol. The molecule has 2 N–H and O–H groups in total. The van der Waals surface area contributed by atoms with Crippen LogP contribution in [0.25, 0.3) is 11.4 Å². The molecule has 0 aliphatic heterocycles. The van der Waals surface area contributed by atoms with Gasteiger partial charge < -0.3 is 10.3 Å². The Morgan fingerprint density at radius 3 is 2.80 bits per heavy atom. The van der Waals surface area contributed by atoms with Crippen LogP contribution in [0.5, 0.6) is 0 Å². The first-order valence-corrected chi connectivity index (χ1v) is 8.55. The molecule has 1 amide bonds. The standard InChI is InChI=1S/C19H22N4O2/c1-13-16(11-17(24)21-12-14-5-3-2-4-6-14)19(25)23-18(22-13)15-7-9-20-10-8-15/h2-3,7-10,14H,4-6,11-12H2,1H3,(H,21,24)(H,22,23,25). The second-order valence-corrected chi connectivity index (χ2v) is 6.35. The van der Waals surface area contributed by atoms with Crippen LogP contribution in [0.2, 0.25) is 0 Å². The predicted octanol–water partition coefficient (Wildman–Crippen LogP) is 2.16. The van der Waals surface area contributed by atoms with Gasteiger partial charge >= 0.3 is 0 Å². The highest BCUT2D eigenvalue weighted by atomic mass is 16.2. The summed E-state index contributed by atoms with van der Waals surface area (Å²) in [4.78, 5) is 35.7. The van der Waals surface area contributed by atoms with Crippen LogP contribution in [0.3, 0.4) is 0 Å². The first-order valence-electron chi connectivity index (χ1n) is 8.55. The van der Waals surface area contributed by atoms with Crippen LogP contribution >= 0.6 is 0 Å². The van der Waals surface area contributed by atoms with Crippen molar-refractivity contribution in [3.05, 3.63) is 58.3 Å². The van der Waals surface area contributed by atoms with Gasteiger partial charge in [0.2, 0.25) is 5.91 Å². The van der Waals surface area contributed by atoms with Gasteiger partial charge in [0, 0.05) is 35.8 Å². The van der Waals surface area contributed by atoms with Gasteiger partial charge in [-0.25, -0.2) is 4.98 Å². The normalized spacial score (nSPS) is 16.6. The Balaban J connectivity index is 1.67. The van der Waals surface area contributed by atoms with Crippen molar-refractivity contribution < 1.29 is 4.79 Å². The first-order chi connectivity index (χ1) is 12.1. The molecule has 1 aliphatic rings. The molecule has 2 heterocycles. The van der Waals surface area contributed by atoms with E-state index < -0.39 is 0 Å². The monoisotopic (exact) mass is 338 g/mol. The molecule has 3 rings (SSSR count). The number of aromatic amines is 1. The van der Waals surface area contributed by atoms with Crippen LogP contribution in [0.1, 0.15) is 30.5 Å². The van der Waals surface area contributed by atoms with Crippen molar-refractivity contribution in [3.8, 4) is 11.4 Å². The maximum absolute atomic E-state index is 12.4. The third kappa shape index (κ3) is 4.41. The van der Waals surface area contributed by atoms with E-state index in [4.69, 9.17) is 0 Å². The fourth-order valence-electron chi connectivity index (χ4n) is 2.99. The number of nitrogens with zero attached hydrogens (tertiary/aromatic N) is 2. The summed E-state index contributed by atoms with van der Waals surface area (Å²) in [5.41, 5.74) is 1.51. The summed E-state index contributed by atoms with van der Waals surface area (Å²) in [5.74, 6) is 0.838. The Kier molecular flexibility index (Phi) is 5.38. The van der Waals surface area contributed by atoms with Gasteiger partial charge in [-0.3, -0.25) is 14.6 Å².